The summed E-state index contributed by atoms with van der Waals surface area (Å²) in [5.41, 5.74) is 0. The zero-order valence-electron chi connectivity index (χ0n) is 9.15. The summed E-state index contributed by atoms with van der Waals surface area (Å²) in [6.45, 7) is 1.93. The van der Waals surface area contributed by atoms with Crippen LogP contribution >= 0.6 is 0 Å². The number of amidine groups is 1. The van der Waals surface area contributed by atoms with Crippen LogP contribution in [0.3, 0.4) is 0 Å². The summed E-state index contributed by atoms with van der Waals surface area (Å²) >= 11 is 0. The summed E-state index contributed by atoms with van der Waals surface area (Å²) in [6.07, 6.45) is 3.60. The van der Waals surface area contributed by atoms with E-state index in [1.54, 1.807) is 0 Å². The highest BCUT2D eigenvalue weighted by Gasteiger charge is 2.30. The number of carboxylic acid groups (broad SMARTS) is 1. The molecule has 0 aromatic rings. The fourth-order valence-electron chi connectivity index (χ4n) is 2.59. The molecule has 1 aliphatic heterocycles. The van der Waals surface area contributed by atoms with Gasteiger partial charge in [0.1, 0.15) is 5.84 Å². The van der Waals surface area contributed by atoms with Crippen molar-refractivity contribution < 1.29 is 9.90 Å². The van der Waals surface area contributed by atoms with Crippen LogP contribution in [0.25, 0.3) is 0 Å². The van der Waals surface area contributed by atoms with Gasteiger partial charge in [-0.3, -0.25) is 9.79 Å². The summed E-state index contributed by atoms with van der Waals surface area (Å²) in [4.78, 5) is 17.5. The van der Waals surface area contributed by atoms with Gasteiger partial charge in [0.25, 0.3) is 0 Å². The number of aliphatic imine (C=N–C) groups is 1. The van der Waals surface area contributed by atoms with Crippen molar-refractivity contribution in [2.75, 3.05) is 20.1 Å². The van der Waals surface area contributed by atoms with E-state index in [-0.39, 0.29) is 5.92 Å². The molecule has 1 saturated carbocycles. The summed E-state index contributed by atoms with van der Waals surface area (Å²) in [6, 6.07) is 0. The minimum atomic E-state index is -0.629. The molecule has 1 aliphatic carbocycles. The number of hydrogen-bond acceptors (Lipinski definition) is 3. The van der Waals surface area contributed by atoms with Gasteiger partial charge in [-0.05, 0) is 25.7 Å². The van der Waals surface area contributed by atoms with Gasteiger partial charge in [0, 0.05) is 19.5 Å². The van der Waals surface area contributed by atoms with E-state index in [9.17, 15) is 4.79 Å². The van der Waals surface area contributed by atoms with Crippen LogP contribution in [0, 0.1) is 11.8 Å². The van der Waals surface area contributed by atoms with Crippen molar-refractivity contribution >= 4 is 11.8 Å². The largest absolute Gasteiger partial charge is 0.481 e. The molecule has 4 nitrogen and oxygen atoms in total. The molecule has 15 heavy (non-hydrogen) atoms. The van der Waals surface area contributed by atoms with Crippen molar-refractivity contribution in [3.8, 4) is 0 Å². The van der Waals surface area contributed by atoms with Gasteiger partial charge in [0.2, 0.25) is 0 Å². The molecule has 1 fully saturated rings. The van der Waals surface area contributed by atoms with Crippen molar-refractivity contribution in [1.82, 2.24) is 4.90 Å². The molecule has 1 heterocycles. The summed E-state index contributed by atoms with van der Waals surface area (Å²) in [5.74, 6) is 0.968. The van der Waals surface area contributed by atoms with Gasteiger partial charge in [-0.15, -0.1) is 0 Å². The van der Waals surface area contributed by atoms with Crippen LogP contribution in [0.5, 0.6) is 0 Å². The Kier molecular flexibility index (Phi) is 2.93. The number of nitrogens with zero attached hydrogens (tertiary/aromatic N) is 2. The number of carboxylic acids is 1. The Bertz CT molecular complexity index is 280. The molecule has 0 aromatic carbocycles. The van der Waals surface area contributed by atoms with Gasteiger partial charge in [0.15, 0.2) is 0 Å². The molecule has 2 aliphatic rings. The van der Waals surface area contributed by atoms with Crippen LogP contribution < -0.4 is 0 Å². The Morgan fingerprint density at radius 2 is 2.07 bits per heavy atom. The second-order valence-corrected chi connectivity index (χ2v) is 4.55. The zero-order valence-corrected chi connectivity index (χ0v) is 9.15. The number of likely N-dealkylation sites (N-methyl/N-ethyl adjacent to an activating group) is 1. The Balaban J connectivity index is 1.91. The number of rotatable bonds is 2. The van der Waals surface area contributed by atoms with Crippen LogP contribution in [-0.4, -0.2) is 41.9 Å². The average Bonchev–Trinajstić information content (AvgIpc) is 2.65. The van der Waals surface area contributed by atoms with Gasteiger partial charge in [-0.2, -0.15) is 0 Å². The van der Waals surface area contributed by atoms with E-state index < -0.39 is 5.97 Å². The molecule has 1 N–H and O–H groups in total. The molecule has 0 unspecified atom stereocenters. The highest BCUT2D eigenvalue weighted by atomic mass is 16.4. The van der Waals surface area contributed by atoms with Gasteiger partial charge >= 0.3 is 5.97 Å². The lowest BCUT2D eigenvalue weighted by molar-refractivity contribution is -0.142. The van der Waals surface area contributed by atoms with Crippen molar-refractivity contribution in [3.63, 3.8) is 0 Å². The van der Waals surface area contributed by atoms with Crippen molar-refractivity contribution in [1.29, 1.82) is 0 Å². The molecule has 0 saturated heterocycles. The summed E-state index contributed by atoms with van der Waals surface area (Å²) < 4.78 is 0. The zero-order chi connectivity index (χ0) is 10.8. The van der Waals surface area contributed by atoms with E-state index in [1.807, 2.05) is 0 Å². The molecule has 0 spiro atoms. The fourth-order valence-corrected chi connectivity index (χ4v) is 2.59. The van der Waals surface area contributed by atoms with Gasteiger partial charge in [0.05, 0.1) is 12.5 Å². The molecular formula is C11H18N2O2. The topological polar surface area (TPSA) is 52.9 Å². The maximum absolute atomic E-state index is 10.8. The highest BCUT2D eigenvalue weighted by molar-refractivity contribution is 5.86. The lowest BCUT2D eigenvalue weighted by Crippen LogP contribution is -2.33. The van der Waals surface area contributed by atoms with Gasteiger partial charge < -0.3 is 10.0 Å². The number of carbonyl (C=O) groups is 1. The van der Waals surface area contributed by atoms with Crippen molar-refractivity contribution in [2.24, 2.45) is 16.8 Å². The number of hydrogen-bond donors (Lipinski definition) is 1. The van der Waals surface area contributed by atoms with Crippen LogP contribution in [-0.2, 0) is 4.79 Å². The minimum Gasteiger partial charge on any atom is -0.481 e. The van der Waals surface area contributed by atoms with E-state index in [0.29, 0.717) is 5.92 Å². The van der Waals surface area contributed by atoms with E-state index in [0.717, 1.165) is 38.8 Å². The molecule has 0 bridgehead atoms. The third-order valence-electron chi connectivity index (χ3n) is 3.54. The number of aliphatic carboxylic acids is 1. The first kappa shape index (κ1) is 10.5. The van der Waals surface area contributed by atoms with E-state index >= 15 is 0 Å². The monoisotopic (exact) mass is 210 g/mol. The maximum atomic E-state index is 10.8. The Hall–Kier alpha value is -1.06. The Labute approximate surface area is 90.0 Å². The van der Waals surface area contributed by atoms with E-state index in [4.69, 9.17) is 5.11 Å². The maximum Gasteiger partial charge on any atom is 0.306 e. The van der Waals surface area contributed by atoms with E-state index in [2.05, 4.69) is 16.9 Å². The fraction of sp³-hybridized carbons (Fsp3) is 0.818. The van der Waals surface area contributed by atoms with Crippen LogP contribution in [0.1, 0.15) is 25.7 Å². The molecule has 0 atom stereocenters. The smallest absolute Gasteiger partial charge is 0.306 e. The van der Waals surface area contributed by atoms with Gasteiger partial charge in [-0.1, -0.05) is 0 Å². The molecule has 0 aromatic heterocycles. The molecule has 84 valence electrons. The predicted octanol–water partition coefficient (Wildman–Crippen LogP) is 1.22. The molecule has 2 rings (SSSR count). The highest BCUT2D eigenvalue weighted by Crippen LogP contribution is 2.31. The van der Waals surface area contributed by atoms with Crippen LogP contribution in [0.15, 0.2) is 4.99 Å². The first-order valence-corrected chi connectivity index (χ1v) is 5.66. The molecule has 0 radical (unpaired) electrons. The van der Waals surface area contributed by atoms with Crippen molar-refractivity contribution in [2.45, 2.75) is 25.7 Å². The SMILES string of the molecule is CN1CCN=C1C1CCC(C(=O)O)CC1. The third-order valence-corrected chi connectivity index (χ3v) is 3.54. The Morgan fingerprint density at radius 3 is 2.53 bits per heavy atom. The average molecular weight is 210 g/mol. The minimum absolute atomic E-state index is 0.117. The second kappa shape index (κ2) is 4.21. The summed E-state index contributed by atoms with van der Waals surface area (Å²) in [7, 11) is 2.08. The lowest BCUT2D eigenvalue weighted by atomic mass is 9.81. The van der Waals surface area contributed by atoms with Crippen molar-refractivity contribution in [3.05, 3.63) is 0 Å². The Morgan fingerprint density at radius 1 is 1.40 bits per heavy atom. The first-order chi connectivity index (χ1) is 7.18. The van der Waals surface area contributed by atoms with Crippen LogP contribution in [0.2, 0.25) is 0 Å². The quantitative estimate of drug-likeness (QED) is 0.745. The normalized spacial score (nSPS) is 31.5. The van der Waals surface area contributed by atoms with E-state index in [1.165, 1.54) is 5.84 Å². The van der Waals surface area contributed by atoms with Crippen LogP contribution in [0.4, 0.5) is 0 Å². The lowest BCUT2D eigenvalue weighted by Gasteiger charge is -2.29. The summed E-state index contributed by atoms with van der Waals surface area (Å²) in [5, 5.41) is 8.90. The van der Waals surface area contributed by atoms with Gasteiger partial charge in [-0.25, -0.2) is 0 Å². The third kappa shape index (κ3) is 2.13. The molecule has 4 heteroatoms. The molecule has 0 amide bonds. The predicted molar refractivity (Wildman–Crippen MR) is 58.0 cm³/mol. The second-order valence-electron chi connectivity index (χ2n) is 4.55. The molecular weight excluding hydrogens is 192 g/mol. The standard InChI is InChI=1S/C11H18N2O2/c1-13-7-6-12-10(13)8-2-4-9(5-3-8)11(14)15/h8-9H,2-7H2,1H3,(H,14,15). The first-order valence-electron chi connectivity index (χ1n) is 5.66.